The van der Waals surface area contributed by atoms with Crippen molar-refractivity contribution in [3.8, 4) is 23.0 Å². The number of hydrogen-bond donors (Lipinski definition) is 3. The molecular weight excluding hydrogens is 414 g/mol. The van der Waals surface area contributed by atoms with E-state index in [1.54, 1.807) is 50.4 Å². The Hall–Kier alpha value is -3.88. The number of anilines is 1. The van der Waals surface area contributed by atoms with E-state index < -0.39 is 18.0 Å². The first-order chi connectivity index (χ1) is 15.4. The summed E-state index contributed by atoms with van der Waals surface area (Å²) in [6, 6.07) is 9.27. The molecule has 3 rings (SSSR count). The highest BCUT2D eigenvalue weighted by atomic mass is 16.5. The van der Waals surface area contributed by atoms with E-state index in [1.807, 2.05) is 6.92 Å². The summed E-state index contributed by atoms with van der Waals surface area (Å²) in [5.41, 5.74) is 1.94. The molecular formula is C23H27N3O6. The molecule has 1 atom stereocenters. The van der Waals surface area contributed by atoms with Gasteiger partial charge < -0.3 is 34.9 Å². The molecule has 3 amide bonds. The molecule has 9 heteroatoms. The normalized spacial score (nSPS) is 15.4. The van der Waals surface area contributed by atoms with E-state index in [0.717, 1.165) is 0 Å². The topological polar surface area (TPSA) is 107 Å². The summed E-state index contributed by atoms with van der Waals surface area (Å²) in [7, 11) is 4.59. The Morgan fingerprint density at radius 2 is 1.75 bits per heavy atom. The van der Waals surface area contributed by atoms with Gasteiger partial charge in [0, 0.05) is 11.8 Å². The van der Waals surface area contributed by atoms with Crippen molar-refractivity contribution in [2.24, 2.45) is 0 Å². The Labute approximate surface area is 186 Å². The number of methoxy groups -OCH3 is 3. The summed E-state index contributed by atoms with van der Waals surface area (Å²) in [5.74, 6) is 1.74. The minimum atomic E-state index is -0.697. The maximum atomic E-state index is 13.3. The molecule has 3 N–H and O–H groups in total. The van der Waals surface area contributed by atoms with E-state index in [1.165, 1.54) is 14.2 Å². The molecule has 1 heterocycles. The quantitative estimate of drug-likeness (QED) is 0.580. The van der Waals surface area contributed by atoms with Crippen LogP contribution in [0.5, 0.6) is 23.0 Å². The SMILES string of the molecule is CCOc1ccc([C@@H]2NC(=O)NC(C)=C2C(=O)Nc2ccc(OC)cc2OC)cc1OC. The molecule has 0 bridgehead atoms. The van der Waals surface area contributed by atoms with Gasteiger partial charge in [0.05, 0.1) is 45.2 Å². The molecule has 0 unspecified atom stereocenters. The number of amides is 3. The van der Waals surface area contributed by atoms with Crippen molar-refractivity contribution in [2.45, 2.75) is 19.9 Å². The van der Waals surface area contributed by atoms with Crippen LogP contribution < -0.4 is 34.9 Å². The van der Waals surface area contributed by atoms with Crippen LogP contribution in [0.4, 0.5) is 10.5 Å². The van der Waals surface area contributed by atoms with Gasteiger partial charge in [0.15, 0.2) is 11.5 Å². The molecule has 9 nitrogen and oxygen atoms in total. The first-order valence-corrected chi connectivity index (χ1v) is 10.0. The summed E-state index contributed by atoms with van der Waals surface area (Å²) < 4.78 is 21.6. The molecule has 0 saturated carbocycles. The van der Waals surface area contributed by atoms with Gasteiger partial charge in [-0.25, -0.2) is 4.79 Å². The number of benzene rings is 2. The number of carbonyl (C=O) groups is 2. The highest BCUT2D eigenvalue weighted by Gasteiger charge is 2.32. The highest BCUT2D eigenvalue weighted by molar-refractivity contribution is 6.07. The fourth-order valence-electron chi connectivity index (χ4n) is 3.47. The molecule has 1 aliphatic rings. The zero-order valence-corrected chi connectivity index (χ0v) is 18.7. The maximum absolute atomic E-state index is 13.3. The molecule has 1 aliphatic heterocycles. The number of carbonyl (C=O) groups excluding carboxylic acids is 2. The Balaban J connectivity index is 1.97. The Kier molecular flexibility index (Phi) is 7.09. The lowest BCUT2D eigenvalue weighted by Gasteiger charge is -2.29. The summed E-state index contributed by atoms with van der Waals surface area (Å²) in [6.45, 7) is 4.04. The van der Waals surface area contributed by atoms with Gasteiger partial charge >= 0.3 is 6.03 Å². The van der Waals surface area contributed by atoms with Crippen molar-refractivity contribution in [1.82, 2.24) is 10.6 Å². The first-order valence-electron chi connectivity index (χ1n) is 10.0. The third kappa shape index (κ3) is 4.72. The Morgan fingerprint density at radius 1 is 1.00 bits per heavy atom. The molecule has 0 fully saturated rings. The van der Waals surface area contributed by atoms with Crippen molar-refractivity contribution in [2.75, 3.05) is 33.3 Å². The van der Waals surface area contributed by atoms with Crippen molar-refractivity contribution in [1.29, 1.82) is 0 Å². The summed E-state index contributed by atoms with van der Waals surface area (Å²) in [4.78, 5) is 25.5. The molecule has 2 aromatic carbocycles. The number of nitrogens with one attached hydrogen (secondary N) is 3. The smallest absolute Gasteiger partial charge is 0.319 e. The summed E-state index contributed by atoms with van der Waals surface area (Å²) in [5, 5.41) is 8.34. The van der Waals surface area contributed by atoms with Crippen LogP contribution in [-0.2, 0) is 4.79 Å². The van der Waals surface area contributed by atoms with Crippen LogP contribution in [0.2, 0.25) is 0 Å². The van der Waals surface area contributed by atoms with E-state index >= 15 is 0 Å². The van der Waals surface area contributed by atoms with Crippen molar-refractivity contribution in [3.05, 3.63) is 53.2 Å². The van der Waals surface area contributed by atoms with Gasteiger partial charge in [-0.1, -0.05) is 6.07 Å². The fraction of sp³-hybridized carbons (Fsp3) is 0.304. The maximum Gasteiger partial charge on any atom is 0.319 e. The number of allylic oxidation sites excluding steroid dienone is 1. The second kappa shape index (κ2) is 9.95. The number of ether oxygens (including phenoxy) is 4. The van der Waals surface area contributed by atoms with Gasteiger partial charge in [-0.3, -0.25) is 4.79 Å². The highest BCUT2D eigenvalue weighted by Crippen LogP contribution is 2.35. The minimum absolute atomic E-state index is 0.355. The van der Waals surface area contributed by atoms with Crippen LogP contribution in [0.3, 0.4) is 0 Å². The zero-order valence-electron chi connectivity index (χ0n) is 18.7. The molecule has 0 aliphatic carbocycles. The average molecular weight is 441 g/mol. The van der Waals surface area contributed by atoms with Gasteiger partial charge in [0.1, 0.15) is 11.5 Å². The Bertz CT molecular complexity index is 1050. The largest absolute Gasteiger partial charge is 0.497 e. The number of urea groups is 1. The van der Waals surface area contributed by atoms with E-state index in [-0.39, 0.29) is 0 Å². The van der Waals surface area contributed by atoms with Crippen LogP contribution in [-0.4, -0.2) is 39.9 Å². The lowest BCUT2D eigenvalue weighted by molar-refractivity contribution is -0.113. The van der Waals surface area contributed by atoms with Crippen molar-refractivity contribution < 1.29 is 28.5 Å². The van der Waals surface area contributed by atoms with Crippen LogP contribution in [0.1, 0.15) is 25.5 Å². The van der Waals surface area contributed by atoms with Crippen molar-refractivity contribution >= 4 is 17.6 Å². The molecule has 0 aromatic heterocycles. The molecule has 32 heavy (non-hydrogen) atoms. The van der Waals surface area contributed by atoms with Crippen LogP contribution in [0.15, 0.2) is 47.7 Å². The Morgan fingerprint density at radius 3 is 2.41 bits per heavy atom. The van der Waals surface area contributed by atoms with Crippen LogP contribution in [0, 0.1) is 0 Å². The van der Waals surface area contributed by atoms with Gasteiger partial charge in [-0.2, -0.15) is 0 Å². The van der Waals surface area contributed by atoms with Crippen molar-refractivity contribution in [3.63, 3.8) is 0 Å². The van der Waals surface area contributed by atoms with Gasteiger partial charge in [-0.15, -0.1) is 0 Å². The predicted molar refractivity (Wildman–Crippen MR) is 119 cm³/mol. The second-order valence-electron chi connectivity index (χ2n) is 6.93. The van der Waals surface area contributed by atoms with Crippen LogP contribution >= 0.6 is 0 Å². The van der Waals surface area contributed by atoms with Crippen LogP contribution in [0.25, 0.3) is 0 Å². The average Bonchev–Trinajstić information content (AvgIpc) is 2.79. The number of rotatable bonds is 8. The fourth-order valence-corrected chi connectivity index (χ4v) is 3.47. The summed E-state index contributed by atoms with van der Waals surface area (Å²) >= 11 is 0. The lowest BCUT2D eigenvalue weighted by Crippen LogP contribution is -2.46. The van der Waals surface area contributed by atoms with Gasteiger partial charge in [-0.05, 0) is 43.7 Å². The summed E-state index contributed by atoms with van der Waals surface area (Å²) in [6.07, 6.45) is 0. The third-order valence-electron chi connectivity index (χ3n) is 4.99. The lowest BCUT2D eigenvalue weighted by atomic mass is 9.94. The predicted octanol–water partition coefficient (Wildman–Crippen LogP) is 3.38. The molecule has 0 saturated heterocycles. The minimum Gasteiger partial charge on any atom is -0.497 e. The first kappa shape index (κ1) is 22.8. The number of hydrogen-bond acceptors (Lipinski definition) is 6. The molecule has 0 radical (unpaired) electrons. The molecule has 2 aromatic rings. The monoisotopic (exact) mass is 441 g/mol. The third-order valence-corrected chi connectivity index (χ3v) is 4.99. The second-order valence-corrected chi connectivity index (χ2v) is 6.93. The molecule has 0 spiro atoms. The van der Waals surface area contributed by atoms with E-state index in [2.05, 4.69) is 16.0 Å². The van der Waals surface area contributed by atoms with E-state index in [9.17, 15) is 9.59 Å². The van der Waals surface area contributed by atoms with E-state index in [4.69, 9.17) is 18.9 Å². The van der Waals surface area contributed by atoms with Gasteiger partial charge in [0.2, 0.25) is 0 Å². The zero-order chi connectivity index (χ0) is 23.3. The van der Waals surface area contributed by atoms with Gasteiger partial charge in [0.25, 0.3) is 5.91 Å². The standard InChI is InChI=1S/C23H27N3O6/c1-6-32-17-10-7-14(11-19(17)31-5)21-20(13(2)24-23(28)26-21)22(27)25-16-9-8-15(29-3)12-18(16)30-4/h7-12,21H,6H2,1-5H3,(H,25,27)(H2,24,26,28)/t21-/m0/s1. The van der Waals surface area contributed by atoms with E-state index in [0.29, 0.717) is 52.1 Å². The molecule has 170 valence electrons.